The van der Waals surface area contributed by atoms with Crippen molar-refractivity contribution < 1.29 is 19.1 Å². The Labute approximate surface area is 158 Å². The molecule has 0 aliphatic carbocycles. The number of benzene rings is 1. The highest BCUT2D eigenvalue weighted by Gasteiger charge is 2.28. The van der Waals surface area contributed by atoms with E-state index in [1.165, 1.54) is 0 Å². The van der Waals surface area contributed by atoms with Crippen molar-refractivity contribution in [2.24, 2.45) is 5.10 Å². The van der Waals surface area contributed by atoms with Gasteiger partial charge in [-0.25, -0.2) is 5.43 Å². The molecule has 144 valence electrons. The summed E-state index contributed by atoms with van der Waals surface area (Å²) in [5.41, 5.74) is 4.26. The number of nitrogens with zero attached hydrogens (tertiary/aromatic N) is 3. The normalized spacial score (nSPS) is 17.3. The van der Waals surface area contributed by atoms with Crippen LogP contribution in [0, 0.1) is 6.92 Å². The first-order valence-electron chi connectivity index (χ1n) is 9.17. The summed E-state index contributed by atoms with van der Waals surface area (Å²) in [6.07, 6.45) is 0.634. The summed E-state index contributed by atoms with van der Waals surface area (Å²) in [6, 6.07) is 5.43. The Hall–Kier alpha value is -2.90. The van der Waals surface area contributed by atoms with Gasteiger partial charge in [0.25, 0.3) is 11.8 Å². The fourth-order valence-electron chi connectivity index (χ4n) is 3.21. The quantitative estimate of drug-likeness (QED) is 0.852. The molecule has 1 N–H and O–H groups in total. The Kier molecular flexibility index (Phi) is 5.73. The summed E-state index contributed by atoms with van der Waals surface area (Å²) in [7, 11) is 0. The second-order valence-corrected chi connectivity index (χ2v) is 6.59. The van der Waals surface area contributed by atoms with Crippen LogP contribution in [0.25, 0.3) is 0 Å². The molecule has 0 saturated carbocycles. The van der Waals surface area contributed by atoms with Crippen molar-refractivity contribution in [2.45, 2.75) is 26.7 Å². The molecule has 1 aromatic carbocycles. The molecule has 8 heteroatoms. The summed E-state index contributed by atoms with van der Waals surface area (Å²) in [6.45, 7) is 6.27. The Bertz CT molecular complexity index is 782. The van der Waals surface area contributed by atoms with Gasteiger partial charge in [-0.05, 0) is 37.6 Å². The molecule has 0 spiro atoms. The Morgan fingerprint density at radius 2 is 1.78 bits per heavy atom. The van der Waals surface area contributed by atoms with Crippen LogP contribution in [0.4, 0.5) is 0 Å². The third-order valence-electron chi connectivity index (χ3n) is 4.73. The molecule has 2 aliphatic rings. The lowest BCUT2D eigenvalue weighted by Crippen LogP contribution is -2.52. The molecule has 0 unspecified atom stereocenters. The van der Waals surface area contributed by atoms with Crippen molar-refractivity contribution in [2.75, 3.05) is 32.8 Å². The summed E-state index contributed by atoms with van der Waals surface area (Å²) in [5, 5.41) is 3.85. The van der Waals surface area contributed by atoms with Crippen molar-refractivity contribution in [1.82, 2.24) is 15.2 Å². The van der Waals surface area contributed by atoms with E-state index in [1.54, 1.807) is 15.9 Å². The van der Waals surface area contributed by atoms with E-state index < -0.39 is 0 Å². The molecule has 0 bridgehead atoms. The van der Waals surface area contributed by atoms with Crippen LogP contribution in [0.15, 0.2) is 23.3 Å². The van der Waals surface area contributed by atoms with Crippen LogP contribution in [0.3, 0.4) is 0 Å². The van der Waals surface area contributed by atoms with Crippen molar-refractivity contribution in [3.05, 3.63) is 29.3 Å². The average molecular weight is 372 g/mol. The van der Waals surface area contributed by atoms with E-state index in [-0.39, 0.29) is 24.1 Å². The maximum atomic E-state index is 12.7. The molecule has 2 aliphatic heterocycles. The summed E-state index contributed by atoms with van der Waals surface area (Å²) < 4.78 is 5.52. The number of amides is 3. The molecular formula is C19H24N4O4. The number of carbonyl (C=O) groups is 3. The first-order valence-corrected chi connectivity index (χ1v) is 9.17. The van der Waals surface area contributed by atoms with E-state index in [1.807, 2.05) is 26.0 Å². The fourth-order valence-corrected chi connectivity index (χ4v) is 3.21. The maximum Gasteiger partial charge on any atom is 0.270 e. The van der Waals surface area contributed by atoms with E-state index in [0.29, 0.717) is 50.5 Å². The van der Waals surface area contributed by atoms with Crippen molar-refractivity contribution in [3.8, 4) is 5.75 Å². The Morgan fingerprint density at radius 1 is 1.11 bits per heavy atom. The smallest absolute Gasteiger partial charge is 0.270 e. The molecule has 3 amide bonds. The molecule has 1 fully saturated rings. The summed E-state index contributed by atoms with van der Waals surface area (Å²) in [4.78, 5) is 39.8. The topological polar surface area (TPSA) is 91.3 Å². The number of ether oxygens (including phenoxy) is 1. The average Bonchev–Trinajstić information content (AvgIpc) is 2.69. The minimum absolute atomic E-state index is 0.0458. The molecule has 1 saturated heterocycles. The van der Waals surface area contributed by atoms with Gasteiger partial charge in [0, 0.05) is 44.6 Å². The van der Waals surface area contributed by atoms with Gasteiger partial charge in [0.15, 0.2) is 0 Å². The van der Waals surface area contributed by atoms with Gasteiger partial charge < -0.3 is 14.5 Å². The minimum Gasteiger partial charge on any atom is -0.494 e. The van der Waals surface area contributed by atoms with Gasteiger partial charge in [-0.2, -0.15) is 5.10 Å². The number of hydrazone groups is 1. The fraction of sp³-hybridized carbons (Fsp3) is 0.474. The number of nitrogens with one attached hydrogen (secondary N) is 1. The van der Waals surface area contributed by atoms with Crippen LogP contribution in [-0.4, -0.2) is 66.0 Å². The van der Waals surface area contributed by atoms with Gasteiger partial charge in [-0.15, -0.1) is 0 Å². The predicted molar refractivity (Wildman–Crippen MR) is 99.6 cm³/mol. The highest BCUT2D eigenvalue weighted by atomic mass is 16.5. The van der Waals surface area contributed by atoms with Crippen LogP contribution in [0.2, 0.25) is 0 Å². The molecule has 0 aromatic heterocycles. The Balaban J connectivity index is 1.58. The SMILES string of the molecule is CCOc1ccc(C(=O)N2CCN(C(=O)C3=NNC(=O)CC3)CC2)cc1C. The van der Waals surface area contributed by atoms with E-state index in [2.05, 4.69) is 10.5 Å². The number of rotatable bonds is 4. The third kappa shape index (κ3) is 4.27. The van der Waals surface area contributed by atoms with Crippen LogP contribution in [0.5, 0.6) is 5.75 Å². The third-order valence-corrected chi connectivity index (χ3v) is 4.73. The standard InChI is InChI=1S/C19H24N4O4/c1-3-27-16-6-4-14(12-13(16)2)18(25)22-8-10-23(11-9-22)19(26)15-5-7-17(24)21-20-15/h4,6,12H,3,5,7-11H2,1-2H3,(H,21,24). The van der Waals surface area contributed by atoms with Gasteiger partial charge >= 0.3 is 0 Å². The molecular weight excluding hydrogens is 348 g/mol. The zero-order chi connectivity index (χ0) is 19.4. The number of aryl methyl sites for hydroxylation is 1. The summed E-state index contributed by atoms with van der Waals surface area (Å²) >= 11 is 0. The predicted octanol–water partition coefficient (Wildman–Crippen LogP) is 0.944. The highest BCUT2D eigenvalue weighted by molar-refractivity contribution is 6.39. The van der Waals surface area contributed by atoms with Crippen molar-refractivity contribution >= 4 is 23.4 Å². The molecule has 3 rings (SSSR count). The van der Waals surface area contributed by atoms with E-state index in [9.17, 15) is 14.4 Å². The van der Waals surface area contributed by atoms with Crippen molar-refractivity contribution in [1.29, 1.82) is 0 Å². The molecule has 0 radical (unpaired) electrons. The van der Waals surface area contributed by atoms with E-state index in [4.69, 9.17) is 4.74 Å². The van der Waals surface area contributed by atoms with Gasteiger partial charge in [0.05, 0.1) is 6.61 Å². The van der Waals surface area contributed by atoms with E-state index >= 15 is 0 Å². The number of hydrogen-bond donors (Lipinski definition) is 1. The first-order chi connectivity index (χ1) is 13.0. The van der Waals surface area contributed by atoms with Crippen molar-refractivity contribution in [3.63, 3.8) is 0 Å². The number of piperazine rings is 1. The second kappa shape index (κ2) is 8.20. The lowest BCUT2D eigenvalue weighted by atomic mass is 10.1. The van der Waals surface area contributed by atoms with Crippen LogP contribution < -0.4 is 10.2 Å². The second-order valence-electron chi connectivity index (χ2n) is 6.59. The first kappa shape index (κ1) is 18.9. The monoisotopic (exact) mass is 372 g/mol. The number of carbonyl (C=O) groups excluding carboxylic acids is 3. The molecule has 27 heavy (non-hydrogen) atoms. The van der Waals surface area contributed by atoms with Crippen LogP contribution >= 0.6 is 0 Å². The zero-order valence-corrected chi connectivity index (χ0v) is 15.7. The number of hydrogen-bond acceptors (Lipinski definition) is 5. The van der Waals surface area contributed by atoms with E-state index in [0.717, 1.165) is 11.3 Å². The minimum atomic E-state index is -0.174. The Morgan fingerprint density at radius 3 is 2.33 bits per heavy atom. The van der Waals surface area contributed by atoms with Crippen LogP contribution in [0.1, 0.15) is 35.7 Å². The maximum absolute atomic E-state index is 12.7. The van der Waals surface area contributed by atoms with Gasteiger partial charge in [0.2, 0.25) is 5.91 Å². The lowest BCUT2D eigenvalue weighted by molar-refractivity contribution is -0.126. The largest absolute Gasteiger partial charge is 0.494 e. The molecule has 0 atom stereocenters. The zero-order valence-electron chi connectivity index (χ0n) is 15.7. The van der Waals surface area contributed by atoms with Gasteiger partial charge in [0.1, 0.15) is 11.5 Å². The van der Waals surface area contributed by atoms with Gasteiger partial charge in [-0.1, -0.05) is 0 Å². The van der Waals surface area contributed by atoms with Gasteiger partial charge in [-0.3, -0.25) is 14.4 Å². The highest BCUT2D eigenvalue weighted by Crippen LogP contribution is 2.20. The lowest BCUT2D eigenvalue weighted by Gasteiger charge is -2.35. The van der Waals surface area contributed by atoms with Crippen LogP contribution in [-0.2, 0) is 9.59 Å². The molecule has 2 heterocycles. The molecule has 8 nitrogen and oxygen atoms in total. The molecule has 1 aromatic rings. The summed E-state index contributed by atoms with van der Waals surface area (Å²) in [5.74, 6) is 0.395.